The molecule has 0 spiro atoms. The highest BCUT2D eigenvalue weighted by Crippen LogP contribution is 2.36. The number of halogens is 6. The van der Waals surface area contributed by atoms with Crippen LogP contribution < -0.4 is 4.74 Å². The van der Waals surface area contributed by atoms with E-state index in [1.54, 1.807) is 16.9 Å². The molecule has 0 bridgehead atoms. The van der Waals surface area contributed by atoms with Crippen LogP contribution in [0.2, 0.25) is 0 Å². The maximum absolute atomic E-state index is 12.9. The van der Waals surface area contributed by atoms with E-state index in [1.807, 2.05) is 6.92 Å². The number of thioether (sulfide) groups is 1. The summed E-state index contributed by atoms with van der Waals surface area (Å²) in [5.41, 5.74) is 1.39. The van der Waals surface area contributed by atoms with Crippen molar-refractivity contribution >= 4 is 33.3 Å². The van der Waals surface area contributed by atoms with E-state index < -0.39 is 24.6 Å². The Hall–Kier alpha value is -2.02. The molecule has 13 heteroatoms. The lowest BCUT2D eigenvalue weighted by atomic mass is 10.2. The van der Waals surface area contributed by atoms with Crippen molar-refractivity contribution in [3.8, 4) is 17.1 Å². The summed E-state index contributed by atoms with van der Waals surface area (Å²) in [6.07, 6.45) is -0.240. The number of hydrogen-bond acceptors (Lipinski definition) is 6. The Kier molecular flexibility index (Phi) is 5.75. The Morgan fingerprint density at radius 3 is 2.46 bits per heavy atom. The molecule has 3 rings (SSSR count). The number of alkyl halides is 5. The van der Waals surface area contributed by atoms with Crippen LogP contribution in [0, 0.1) is 0 Å². The summed E-state index contributed by atoms with van der Waals surface area (Å²) >= 11 is 4.74. The van der Waals surface area contributed by atoms with Gasteiger partial charge in [-0.1, -0.05) is 6.92 Å². The van der Waals surface area contributed by atoms with Crippen LogP contribution in [-0.2, 0) is 0 Å². The van der Waals surface area contributed by atoms with E-state index >= 15 is 0 Å². The van der Waals surface area contributed by atoms with Gasteiger partial charge in [-0.3, -0.25) is 0 Å². The van der Waals surface area contributed by atoms with Gasteiger partial charge in [-0.05, 0) is 21.7 Å². The lowest BCUT2D eigenvalue weighted by molar-refractivity contribution is -0.290. The summed E-state index contributed by atoms with van der Waals surface area (Å²) in [7, 11) is 0. The molecular formula is C15H11BrF5N5OS. The predicted octanol–water partition coefficient (Wildman–Crippen LogP) is 4.64. The molecule has 3 aromatic heterocycles. The Morgan fingerprint density at radius 2 is 1.86 bits per heavy atom. The fraction of sp³-hybridized carbons (Fsp3) is 0.333. The number of rotatable bonds is 6. The number of nitrogens with zero attached hydrogens (tertiary/aromatic N) is 5. The molecule has 0 saturated carbocycles. The first-order valence-corrected chi connectivity index (χ1v) is 9.46. The van der Waals surface area contributed by atoms with Crippen LogP contribution in [0.15, 0.2) is 34.3 Å². The van der Waals surface area contributed by atoms with Gasteiger partial charge in [0.05, 0.1) is 28.1 Å². The first-order chi connectivity index (χ1) is 13.1. The van der Waals surface area contributed by atoms with Gasteiger partial charge < -0.3 is 4.74 Å². The second kappa shape index (κ2) is 7.78. The molecule has 0 unspecified atom stereocenters. The van der Waals surface area contributed by atoms with E-state index in [4.69, 9.17) is 0 Å². The molecule has 0 aromatic carbocycles. The highest BCUT2D eigenvalue weighted by atomic mass is 79.9. The van der Waals surface area contributed by atoms with E-state index in [9.17, 15) is 22.0 Å². The maximum Gasteiger partial charge on any atom is 0.456 e. The van der Waals surface area contributed by atoms with Crippen LogP contribution in [0.25, 0.3) is 16.9 Å². The molecule has 3 heterocycles. The summed E-state index contributed by atoms with van der Waals surface area (Å²) in [5, 5.41) is 5.05. The second-order valence-corrected chi connectivity index (χ2v) is 7.55. The fourth-order valence-corrected chi connectivity index (χ4v) is 3.18. The topological polar surface area (TPSA) is 65.2 Å². The monoisotopic (exact) mass is 483 g/mol. The minimum Gasteiger partial charge on any atom is -0.470 e. The van der Waals surface area contributed by atoms with Crippen LogP contribution in [0.4, 0.5) is 22.0 Å². The highest BCUT2D eigenvalue weighted by molar-refractivity contribution is 9.10. The van der Waals surface area contributed by atoms with E-state index in [0.717, 1.165) is 11.9 Å². The average Bonchev–Trinajstić information content (AvgIpc) is 2.97. The summed E-state index contributed by atoms with van der Waals surface area (Å²) in [5.74, 6) is -4.72. The zero-order valence-electron chi connectivity index (χ0n) is 14.0. The maximum atomic E-state index is 12.9. The third kappa shape index (κ3) is 4.19. The Labute approximate surface area is 167 Å². The molecule has 0 aliphatic rings. The van der Waals surface area contributed by atoms with Crippen molar-refractivity contribution in [3.63, 3.8) is 0 Å². The predicted molar refractivity (Wildman–Crippen MR) is 94.6 cm³/mol. The molecule has 0 amide bonds. The van der Waals surface area contributed by atoms with Gasteiger partial charge in [0.15, 0.2) is 12.3 Å². The zero-order chi connectivity index (χ0) is 20.5. The average molecular weight is 484 g/mol. The quantitative estimate of drug-likeness (QED) is 0.376. The molecule has 3 aromatic rings. The SMILES string of the molecule is CCSc1nn2cc(Br)cnc2c1-c1cnc(OCC(F)(F)C(F)(F)F)cn1. The lowest BCUT2D eigenvalue weighted by Gasteiger charge is -2.19. The van der Waals surface area contributed by atoms with Gasteiger partial charge >= 0.3 is 12.1 Å². The minimum atomic E-state index is -5.70. The normalized spacial score (nSPS) is 12.5. The molecule has 0 saturated heterocycles. The first kappa shape index (κ1) is 20.7. The Bertz CT molecular complexity index is 979. The molecule has 6 nitrogen and oxygen atoms in total. The smallest absolute Gasteiger partial charge is 0.456 e. The second-order valence-electron chi connectivity index (χ2n) is 5.38. The lowest BCUT2D eigenvalue weighted by Crippen LogP contribution is -2.41. The van der Waals surface area contributed by atoms with Crippen LogP contribution in [-0.4, -0.2) is 49.0 Å². The van der Waals surface area contributed by atoms with Gasteiger partial charge in [-0.15, -0.1) is 11.8 Å². The van der Waals surface area contributed by atoms with Crippen LogP contribution in [0.5, 0.6) is 5.88 Å². The Morgan fingerprint density at radius 1 is 1.11 bits per heavy atom. The van der Waals surface area contributed by atoms with E-state index in [1.165, 1.54) is 18.0 Å². The van der Waals surface area contributed by atoms with E-state index in [-0.39, 0.29) is 0 Å². The van der Waals surface area contributed by atoms with Crippen molar-refractivity contribution in [2.75, 3.05) is 12.4 Å². The molecule has 0 N–H and O–H groups in total. The van der Waals surface area contributed by atoms with Crippen molar-refractivity contribution < 1.29 is 26.7 Å². The number of aromatic nitrogens is 5. The van der Waals surface area contributed by atoms with E-state index in [0.29, 0.717) is 26.4 Å². The molecule has 0 fully saturated rings. The third-order valence-electron chi connectivity index (χ3n) is 3.39. The van der Waals surface area contributed by atoms with Crippen molar-refractivity contribution in [2.45, 2.75) is 24.0 Å². The molecule has 0 atom stereocenters. The molecule has 0 aliphatic heterocycles. The zero-order valence-corrected chi connectivity index (χ0v) is 16.4. The number of hydrogen-bond donors (Lipinski definition) is 0. The number of fused-ring (bicyclic) bond motifs is 1. The summed E-state index contributed by atoms with van der Waals surface area (Å²) in [6, 6.07) is 0. The standard InChI is InChI=1S/C15H11BrF5N5OS/c1-2-28-13-11(12-24-3-8(16)6-26(12)25-13)9-4-23-10(5-22-9)27-7-14(17,18)15(19,20)21/h3-6H,2,7H2,1H3. The molecular weight excluding hydrogens is 473 g/mol. The molecule has 0 aliphatic carbocycles. The Balaban J connectivity index is 1.88. The van der Waals surface area contributed by atoms with Crippen molar-refractivity contribution in [2.24, 2.45) is 0 Å². The van der Waals surface area contributed by atoms with Crippen LogP contribution in [0.1, 0.15) is 6.92 Å². The first-order valence-electron chi connectivity index (χ1n) is 7.69. The van der Waals surface area contributed by atoms with Gasteiger partial charge in [0, 0.05) is 12.4 Å². The van der Waals surface area contributed by atoms with Gasteiger partial charge in [-0.2, -0.15) is 27.1 Å². The van der Waals surface area contributed by atoms with Crippen LogP contribution >= 0.6 is 27.7 Å². The molecule has 28 heavy (non-hydrogen) atoms. The largest absolute Gasteiger partial charge is 0.470 e. The van der Waals surface area contributed by atoms with E-state index in [2.05, 4.69) is 40.7 Å². The molecule has 0 radical (unpaired) electrons. The van der Waals surface area contributed by atoms with Gasteiger partial charge in [0.2, 0.25) is 5.88 Å². The van der Waals surface area contributed by atoms with Gasteiger partial charge in [-0.25, -0.2) is 19.5 Å². The highest BCUT2D eigenvalue weighted by Gasteiger charge is 2.58. The van der Waals surface area contributed by atoms with Crippen LogP contribution in [0.3, 0.4) is 0 Å². The van der Waals surface area contributed by atoms with Crippen molar-refractivity contribution in [1.29, 1.82) is 0 Å². The minimum absolute atomic E-state index is 0.329. The van der Waals surface area contributed by atoms with Gasteiger partial charge in [0.1, 0.15) is 5.03 Å². The summed E-state index contributed by atoms with van der Waals surface area (Å²) in [4.78, 5) is 12.1. The fourth-order valence-electron chi connectivity index (χ4n) is 2.12. The summed E-state index contributed by atoms with van der Waals surface area (Å²) < 4.78 is 69.2. The number of ether oxygens (including phenoxy) is 1. The third-order valence-corrected chi connectivity index (χ3v) is 4.65. The van der Waals surface area contributed by atoms with Crippen molar-refractivity contribution in [1.82, 2.24) is 24.6 Å². The van der Waals surface area contributed by atoms with Gasteiger partial charge in [0.25, 0.3) is 0 Å². The molecule has 150 valence electrons. The summed E-state index contributed by atoms with van der Waals surface area (Å²) in [6.45, 7) is 0.0546. The van der Waals surface area contributed by atoms with Crippen molar-refractivity contribution in [3.05, 3.63) is 29.3 Å².